The summed E-state index contributed by atoms with van der Waals surface area (Å²) >= 11 is 6.08. The SMILES string of the molecule is Cc1ccc(NC(=O)c2ccc(C)c(N)c2)c(Cl)c1. The van der Waals surface area contributed by atoms with Crippen LogP contribution in [0.2, 0.25) is 5.02 Å². The molecule has 0 fully saturated rings. The Hall–Kier alpha value is -2.00. The molecule has 98 valence electrons. The van der Waals surface area contributed by atoms with Crippen LogP contribution in [0, 0.1) is 13.8 Å². The number of nitrogen functional groups attached to an aromatic ring is 1. The number of nitrogens with one attached hydrogen (secondary N) is 1. The van der Waals surface area contributed by atoms with E-state index in [4.69, 9.17) is 17.3 Å². The van der Waals surface area contributed by atoms with E-state index in [9.17, 15) is 4.79 Å². The summed E-state index contributed by atoms with van der Waals surface area (Å²) in [5.41, 5.74) is 9.50. The van der Waals surface area contributed by atoms with E-state index in [1.54, 1.807) is 24.3 Å². The van der Waals surface area contributed by atoms with Crippen LogP contribution in [0.4, 0.5) is 11.4 Å². The van der Waals surface area contributed by atoms with E-state index in [1.807, 2.05) is 26.0 Å². The second kappa shape index (κ2) is 5.33. The van der Waals surface area contributed by atoms with Gasteiger partial charge in [0, 0.05) is 11.3 Å². The molecule has 0 aromatic heterocycles. The molecule has 3 N–H and O–H groups in total. The number of benzene rings is 2. The number of amides is 1. The molecule has 0 heterocycles. The number of halogens is 1. The highest BCUT2D eigenvalue weighted by molar-refractivity contribution is 6.34. The van der Waals surface area contributed by atoms with Crippen molar-refractivity contribution in [3.63, 3.8) is 0 Å². The second-order valence-electron chi connectivity index (χ2n) is 4.51. The molecule has 0 aliphatic carbocycles. The van der Waals surface area contributed by atoms with Crippen LogP contribution in [0.15, 0.2) is 36.4 Å². The first-order chi connectivity index (χ1) is 8.97. The summed E-state index contributed by atoms with van der Waals surface area (Å²) in [6.07, 6.45) is 0. The van der Waals surface area contributed by atoms with Crippen LogP contribution in [-0.4, -0.2) is 5.91 Å². The van der Waals surface area contributed by atoms with Gasteiger partial charge < -0.3 is 11.1 Å². The van der Waals surface area contributed by atoms with Gasteiger partial charge in [0.05, 0.1) is 10.7 Å². The van der Waals surface area contributed by atoms with Gasteiger partial charge in [0.15, 0.2) is 0 Å². The van der Waals surface area contributed by atoms with Crippen LogP contribution >= 0.6 is 11.6 Å². The maximum absolute atomic E-state index is 12.1. The summed E-state index contributed by atoms with van der Waals surface area (Å²) in [6, 6.07) is 10.7. The minimum atomic E-state index is -0.225. The Bertz CT molecular complexity index is 638. The molecule has 3 nitrogen and oxygen atoms in total. The molecular weight excluding hydrogens is 260 g/mol. The first kappa shape index (κ1) is 13.4. The number of rotatable bonds is 2. The van der Waals surface area contributed by atoms with Gasteiger partial charge in [-0.05, 0) is 49.2 Å². The first-order valence-corrected chi connectivity index (χ1v) is 6.29. The van der Waals surface area contributed by atoms with Gasteiger partial charge in [0.1, 0.15) is 0 Å². The highest BCUT2D eigenvalue weighted by atomic mass is 35.5. The average molecular weight is 275 g/mol. The van der Waals surface area contributed by atoms with Crippen LogP contribution in [0.5, 0.6) is 0 Å². The highest BCUT2D eigenvalue weighted by Crippen LogP contribution is 2.23. The van der Waals surface area contributed by atoms with Crippen molar-refractivity contribution >= 4 is 28.9 Å². The first-order valence-electron chi connectivity index (χ1n) is 5.91. The molecule has 0 radical (unpaired) electrons. The number of carbonyl (C=O) groups is 1. The molecule has 19 heavy (non-hydrogen) atoms. The lowest BCUT2D eigenvalue weighted by molar-refractivity contribution is 0.102. The molecule has 0 saturated heterocycles. The molecule has 2 rings (SSSR count). The molecule has 1 amide bonds. The van der Waals surface area contributed by atoms with Crippen molar-refractivity contribution in [3.8, 4) is 0 Å². The number of nitrogens with two attached hydrogens (primary N) is 1. The summed E-state index contributed by atoms with van der Waals surface area (Å²) in [5, 5.41) is 3.30. The lowest BCUT2D eigenvalue weighted by Gasteiger charge is -2.09. The van der Waals surface area contributed by atoms with Gasteiger partial charge in [-0.1, -0.05) is 23.7 Å². The third-order valence-corrected chi connectivity index (χ3v) is 3.23. The quantitative estimate of drug-likeness (QED) is 0.819. The van der Waals surface area contributed by atoms with E-state index in [1.165, 1.54) is 0 Å². The van der Waals surface area contributed by atoms with Crippen LogP contribution in [0.25, 0.3) is 0 Å². The van der Waals surface area contributed by atoms with E-state index >= 15 is 0 Å². The van der Waals surface area contributed by atoms with Gasteiger partial charge in [-0.2, -0.15) is 0 Å². The summed E-state index contributed by atoms with van der Waals surface area (Å²) < 4.78 is 0. The Kier molecular flexibility index (Phi) is 3.76. The predicted octanol–water partition coefficient (Wildman–Crippen LogP) is 3.79. The molecule has 0 aliphatic rings. The fraction of sp³-hybridized carbons (Fsp3) is 0.133. The number of aryl methyl sites for hydroxylation is 2. The Morgan fingerprint density at radius 1 is 1.16 bits per heavy atom. The van der Waals surface area contributed by atoms with E-state index in [-0.39, 0.29) is 5.91 Å². The fourth-order valence-electron chi connectivity index (χ4n) is 1.70. The zero-order chi connectivity index (χ0) is 14.0. The van der Waals surface area contributed by atoms with Crippen LogP contribution in [0.3, 0.4) is 0 Å². The third-order valence-electron chi connectivity index (χ3n) is 2.91. The molecule has 0 unspecified atom stereocenters. The third kappa shape index (κ3) is 3.06. The van der Waals surface area contributed by atoms with Crippen molar-refractivity contribution < 1.29 is 4.79 Å². The van der Waals surface area contributed by atoms with Crippen molar-refractivity contribution in [1.29, 1.82) is 0 Å². The van der Waals surface area contributed by atoms with Crippen LogP contribution < -0.4 is 11.1 Å². The van der Waals surface area contributed by atoms with Gasteiger partial charge in [-0.3, -0.25) is 4.79 Å². The number of anilines is 2. The molecule has 0 aliphatic heterocycles. The lowest BCUT2D eigenvalue weighted by atomic mass is 10.1. The van der Waals surface area contributed by atoms with E-state index < -0.39 is 0 Å². The highest BCUT2D eigenvalue weighted by Gasteiger charge is 2.09. The predicted molar refractivity (Wildman–Crippen MR) is 79.7 cm³/mol. The van der Waals surface area contributed by atoms with Crippen molar-refractivity contribution in [2.45, 2.75) is 13.8 Å². The van der Waals surface area contributed by atoms with Gasteiger partial charge in [-0.15, -0.1) is 0 Å². The largest absolute Gasteiger partial charge is 0.398 e. The average Bonchev–Trinajstić information content (AvgIpc) is 2.36. The molecular formula is C15H15ClN2O. The normalized spacial score (nSPS) is 10.3. The van der Waals surface area contributed by atoms with Gasteiger partial charge >= 0.3 is 0 Å². The fourth-order valence-corrected chi connectivity index (χ4v) is 1.98. The summed E-state index contributed by atoms with van der Waals surface area (Å²) in [7, 11) is 0. The second-order valence-corrected chi connectivity index (χ2v) is 4.92. The van der Waals surface area contributed by atoms with Crippen LogP contribution in [-0.2, 0) is 0 Å². The Morgan fingerprint density at radius 2 is 1.89 bits per heavy atom. The van der Waals surface area contributed by atoms with Gasteiger partial charge in [0.2, 0.25) is 0 Å². The monoisotopic (exact) mass is 274 g/mol. The van der Waals surface area contributed by atoms with Crippen molar-refractivity contribution in [2.75, 3.05) is 11.1 Å². The van der Waals surface area contributed by atoms with Crippen molar-refractivity contribution in [1.82, 2.24) is 0 Å². The zero-order valence-corrected chi connectivity index (χ0v) is 11.6. The molecule has 2 aromatic rings. The Morgan fingerprint density at radius 3 is 2.53 bits per heavy atom. The molecule has 0 spiro atoms. The van der Waals surface area contributed by atoms with Crippen LogP contribution in [0.1, 0.15) is 21.5 Å². The topological polar surface area (TPSA) is 55.1 Å². The van der Waals surface area contributed by atoms with Gasteiger partial charge in [-0.25, -0.2) is 0 Å². The molecule has 0 bridgehead atoms. The molecule has 4 heteroatoms. The lowest BCUT2D eigenvalue weighted by Crippen LogP contribution is -2.12. The summed E-state index contributed by atoms with van der Waals surface area (Å²) in [4.78, 5) is 12.1. The summed E-state index contributed by atoms with van der Waals surface area (Å²) in [6.45, 7) is 3.84. The van der Waals surface area contributed by atoms with E-state index in [0.717, 1.165) is 11.1 Å². The van der Waals surface area contributed by atoms with Gasteiger partial charge in [0.25, 0.3) is 5.91 Å². The standard InChI is InChI=1S/C15H15ClN2O/c1-9-3-6-14(12(16)7-9)18-15(19)11-5-4-10(2)13(17)8-11/h3-8H,17H2,1-2H3,(H,18,19). The maximum Gasteiger partial charge on any atom is 0.255 e. The maximum atomic E-state index is 12.1. The smallest absolute Gasteiger partial charge is 0.255 e. The molecule has 0 atom stereocenters. The van der Waals surface area contributed by atoms with E-state index in [0.29, 0.717) is 22.0 Å². The van der Waals surface area contributed by atoms with Crippen molar-refractivity contribution in [2.24, 2.45) is 0 Å². The molecule has 2 aromatic carbocycles. The van der Waals surface area contributed by atoms with Crippen molar-refractivity contribution in [3.05, 3.63) is 58.1 Å². The zero-order valence-electron chi connectivity index (χ0n) is 10.8. The molecule has 0 saturated carbocycles. The Labute approximate surface area is 117 Å². The number of hydrogen-bond donors (Lipinski definition) is 2. The van der Waals surface area contributed by atoms with E-state index in [2.05, 4.69) is 5.32 Å². The minimum absolute atomic E-state index is 0.225. The summed E-state index contributed by atoms with van der Waals surface area (Å²) in [5.74, 6) is -0.225. The number of hydrogen-bond acceptors (Lipinski definition) is 2. The minimum Gasteiger partial charge on any atom is -0.398 e. The Balaban J connectivity index is 2.23. The number of carbonyl (C=O) groups excluding carboxylic acids is 1.